The molecule has 0 bridgehead atoms. The minimum Gasteiger partial charge on any atom is -0.398 e. The largest absolute Gasteiger partial charge is 0.398 e. The summed E-state index contributed by atoms with van der Waals surface area (Å²) in [6.45, 7) is 0. The molecule has 2 N–H and O–H groups in total. The molecule has 2 rings (SSSR count). The smallest absolute Gasteiger partial charge is 0.0725 e. The van der Waals surface area contributed by atoms with Crippen molar-refractivity contribution in [1.82, 2.24) is 0 Å². The predicted molar refractivity (Wildman–Crippen MR) is 61.1 cm³/mol. The van der Waals surface area contributed by atoms with Gasteiger partial charge in [-0.2, -0.15) is 0 Å². The van der Waals surface area contributed by atoms with E-state index in [-0.39, 0.29) is 0 Å². The van der Waals surface area contributed by atoms with Gasteiger partial charge in [-0.25, -0.2) is 0 Å². The topological polar surface area (TPSA) is 26.0 Å². The van der Waals surface area contributed by atoms with Gasteiger partial charge in [-0.1, -0.05) is 45.7 Å². The monoisotopic (exact) mass is 255 g/mol. The molecule has 0 aliphatic heterocycles. The molecule has 0 saturated carbocycles. The van der Waals surface area contributed by atoms with E-state index in [1.54, 1.807) is 0 Å². The summed E-state index contributed by atoms with van der Waals surface area (Å²) < 4.78 is 0.974. The number of halogens is 2. The Hall–Kier alpha value is -0.730. The fourth-order valence-electron chi connectivity index (χ4n) is 1.31. The van der Waals surface area contributed by atoms with Gasteiger partial charge < -0.3 is 5.73 Å². The Labute approximate surface area is 89.6 Å². The number of hydrogen-bond acceptors (Lipinski definition) is 1. The zero-order valence-electron chi connectivity index (χ0n) is 6.72. The van der Waals surface area contributed by atoms with Crippen molar-refractivity contribution < 1.29 is 0 Å². The van der Waals surface area contributed by atoms with Crippen LogP contribution >= 0.6 is 27.5 Å². The van der Waals surface area contributed by atoms with Crippen molar-refractivity contribution in [2.45, 2.75) is 0 Å². The van der Waals surface area contributed by atoms with Gasteiger partial charge in [0.1, 0.15) is 0 Å². The van der Waals surface area contributed by atoms with Crippen molar-refractivity contribution in [3.8, 4) is 0 Å². The van der Waals surface area contributed by atoms with Gasteiger partial charge in [-0.3, -0.25) is 0 Å². The number of rotatable bonds is 0. The molecule has 13 heavy (non-hydrogen) atoms. The Kier molecular flexibility index (Phi) is 2.18. The maximum atomic E-state index is 6.08. The third-order valence-electron chi connectivity index (χ3n) is 1.96. The quantitative estimate of drug-likeness (QED) is 0.712. The third kappa shape index (κ3) is 1.40. The fraction of sp³-hybridized carbons (Fsp3) is 0. The lowest BCUT2D eigenvalue weighted by molar-refractivity contribution is 1.69. The molecule has 0 spiro atoms. The van der Waals surface area contributed by atoms with E-state index in [4.69, 9.17) is 17.3 Å². The molecule has 0 aromatic heterocycles. The van der Waals surface area contributed by atoms with Gasteiger partial charge in [0.25, 0.3) is 0 Å². The summed E-state index contributed by atoms with van der Waals surface area (Å²) in [4.78, 5) is 0. The number of hydrogen-bond donors (Lipinski definition) is 1. The van der Waals surface area contributed by atoms with Crippen molar-refractivity contribution in [2.75, 3.05) is 5.73 Å². The van der Waals surface area contributed by atoms with Gasteiger partial charge in [-0.15, -0.1) is 0 Å². The van der Waals surface area contributed by atoms with Gasteiger partial charge in [0.15, 0.2) is 0 Å². The first-order valence-corrected chi connectivity index (χ1v) is 4.99. The molecule has 0 radical (unpaired) electrons. The van der Waals surface area contributed by atoms with E-state index < -0.39 is 0 Å². The predicted octanol–water partition coefficient (Wildman–Crippen LogP) is 3.84. The minimum absolute atomic E-state index is 0.612. The Morgan fingerprint density at radius 3 is 2.69 bits per heavy atom. The second-order valence-corrected chi connectivity index (χ2v) is 4.04. The van der Waals surface area contributed by atoms with Crippen molar-refractivity contribution in [3.05, 3.63) is 39.8 Å². The van der Waals surface area contributed by atoms with Crippen LogP contribution in [0.4, 0.5) is 5.69 Å². The zero-order valence-corrected chi connectivity index (χ0v) is 9.06. The highest BCUT2D eigenvalue weighted by molar-refractivity contribution is 9.10. The summed E-state index contributed by atoms with van der Waals surface area (Å²) in [5.74, 6) is 0. The van der Waals surface area contributed by atoms with E-state index in [9.17, 15) is 0 Å². The van der Waals surface area contributed by atoms with Crippen LogP contribution in [0.25, 0.3) is 10.8 Å². The normalized spacial score (nSPS) is 10.6. The van der Waals surface area contributed by atoms with Crippen molar-refractivity contribution >= 4 is 44.0 Å². The average molecular weight is 257 g/mol. The van der Waals surface area contributed by atoms with E-state index in [1.165, 1.54) is 0 Å². The first-order chi connectivity index (χ1) is 6.20. The van der Waals surface area contributed by atoms with Crippen LogP contribution in [-0.2, 0) is 0 Å². The van der Waals surface area contributed by atoms with Gasteiger partial charge in [0, 0.05) is 9.86 Å². The van der Waals surface area contributed by atoms with Crippen LogP contribution in [0.3, 0.4) is 0 Å². The van der Waals surface area contributed by atoms with Crippen LogP contribution in [0.5, 0.6) is 0 Å². The van der Waals surface area contributed by atoms with E-state index in [0.717, 1.165) is 15.2 Å². The minimum atomic E-state index is 0.612. The number of fused-ring (bicyclic) bond motifs is 1. The summed E-state index contributed by atoms with van der Waals surface area (Å²) in [6.07, 6.45) is 0. The van der Waals surface area contributed by atoms with Crippen LogP contribution in [0.1, 0.15) is 0 Å². The van der Waals surface area contributed by atoms with Crippen LogP contribution in [0, 0.1) is 0 Å². The van der Waals surface area contributed by atoms with Gasteiger partial charge in [-0.05, 0) is 17.5 Å². The maximum Gasteiger partial charge on any atom is 0.0725 e. The lowest BCUT2D eigenvalue weighted by atomic mass is 10.1. The number of anilines is 1. The second kappa shape index (κ2) is 3.20. The Bertz CT molecular complexity index is 468. The Morgan fingerprint density at radius 2 is 1.92 bits per heavy atom. The molecule has 3 heteroatoms. The lowest BCUT2D eigenvalue weighted by Gasteiger charge is -2.04. The van der Waals surface area contributed by atoms with E-state index in [2.05, 4.69) is 15.9 Å². The molecule has 0 aliphatic carbocycles. The van der Waals surface area contributed by atoms with Gasteiger partial charge >= 0.3 is 0 Å². The second-order valence-electron chi connectivity index (χ2n) is 2.81. The SMILES string of the molecule is Nc1ccc2cccc(Br)c2c1Cl. The maximum absolute atomic E-state index is 6.08. The summed E-state index contributed by atoms with van der Waals surface area (Å²) in [6, 6.07) is 9.70. The molecule has 0 heterocycles. The summed E-state index contributed by atoms with van der Waals surface area (Å²) in [5, 5.41) is 2.68. The van der Waals surface area contributed by atoms with Gasteiger partial charge in [0.05, 0.1) is 10.7 Å². The molecule has 66 valence electrons. The number of nitrogen functional groups attached to an aromatic ring is 1. The molecule has 0 aliphatic rings. The molecule has 0 amide bonds. The highest BCUT2D eigenvalue weighted by Crippen LogP contribution is 2.34. The first-order valence-electron chi connectivity index (χ1n) is 3.82. The number of benzene rings is 2. The van der Waals surface area contributed by atoms with Crippen LogP contribution in [0.15, 0.2) is 34.8 Å². The number of nitrogens with two attached hydrogens (primary N) is 1. The zero-order chi connectivity index (χ0) is 9.42. The first kappa shape index (κ1) is 8.85. The van der Waals surface area contributed by atoms with Crippen molar-refractivity contribution in [2.24, 2.45) is 0 Å². The molecule has 0 fully saturated rings. The summed E-state index contributed by atoms with van der Waals surface area (Å²) in [5.41, 5.74) is 6.31. The Morgan fingerprint density at radius 1 is 1.15 bits per heavy atom. The van der Waals surface area contributed by atoms with E-state index in [1.807, 2.05) is 30.3 Å². The fourth-order valence-corrected chi connectivity index (χ4v) is 2.28. The standard InChI is InChI=1S/C10H7BrClN/c11-7-3-1-2-6-4-5-8(13)10(12)9(6)7/h1-5H,13H2. The Balaban J connectivity index is 2.97. The molecule has 0 saturated heterocycles. The molecule has 1 nitrogen and oxygen atoms in total. The van der Waals surface area contributed by atoms with Crippen molar-refractivity contribution in [3.63, 3.8) is 0 Å². The van der Waals surface area contributed by atoms with Crippen LogP contribution < -0.4 is 5.73 Å². The molecular formula is C10H7BrClN. The van der Waals surface area contributed by atoms with Crippen LogP contribution in [0.2, 0.25) is 5.02 Å². The summed E-state index contributed by atoms with van der Waals surface area (Å²) >= 11 is 9.52. The van der Waals surface area contributed by atoms with Crippen molar-refractivity contribution in [1.29, 1.82) is 0 Å². The lowest BCUT2D eigenvalue weighted by Crippen LogP contribution is -1.87. The molecule has 0 unspecified atom stereocenters. The summed E-state index contributed by atoms with van der Waals surface area (Å²) in [7, 11) is 0. The van der Waals surface area contributed by atoms with E-state index >= 15 is 0 Å². The highest BCUT2D eigenvalue weighted by Gasteiger charge is 2.05. The molecule has 2 aromatic rings. The molecular weight excluding hydrogens is 249 g/mol. The van der Waals surface area contributed by atoms with E-state index in [0.29, 0.717) is 10.7 Å². The third-order valence-corrected chi connectivity index (χ3v) is 3.03. The average Bonchev–Trinajstić information content (AvgIpc) is 2.12. The molecule has 2 aromatic carbocycles. The van der Waals surface area contributed by atoms with Gasteiger partial charge in [0.2, 0.25) is 0 Å². The molecule has 0 atom stereocenters. The highest BCUT2D eigenvalue weighted by atomic mass is 79.9. The van der Waals surface area contributed by atoms with Crippen LogP contribution in [-0.4, -0.2) is 0 Å².